The van der Waals surface area contributed by atoms with E-state index in [1.807, 2.05) is 30.2 Å². The molecule has 0 saturated carbocycles. The maximum absolute atomic E-state index is 4.24. The minimum absolute atomic E-state index is 0.778. The van der Waals surface area contributed by atoms with Crippen LogP contribution in [0.1, 0.15) is 5.56 Å². The van der Waals surface area contributed by atoms with Crippen LogP contribution < -0.4 is 5.32 Å². The molecule has 0 unspecified atom stereocenters. The summed E-state index contributed by atoms with van der Waals surface area (Å²) in [6.07, 6.45) is 7.31. The van der Waals surface area contributed by atoms with Crippen molar-refractivity contribution < 1.29 is 0 Å². The van der Waals surface area contributed by atoms with Gasteiger partial charge in [0.15, 0.2) is 0 Å². The van der Waals surface area contributed by atoms with Gasteiger partial charge in [-0.1, -0.05) is 0 Å². The molecule has 0 aromatic carbocycles. The van der Waals surface area contributed by atoms with Crippen molar-refractivity contribution in [2.45, 2.75) is 6.54 Å². The van der Waals surface area contributed by atoms with Crippen LogP contribution in [-0.2, 0) is 6.54 Å². The first kappa shape index (κ1) is 10.3. The average Bonchev–Trinajstić information content (AvgIpc) is 2.66. The zero-order valence-electron chi connectivity index (χ0n) is 8.31. The topological polar surface area (TPSA) is 42.7 Å². The molecule has 5 heteroatoms. The lowest BCUT2D eigenvalue weighted by atomic mass is 10.2. The van der Waals surface area contributed by atoms with E-state index in [0.717, 1.165) is 22.3 Å². The summed E-state index contributed by atoms with van der Waals surface area (Å²) in [4.78, 5) is 4.10. The van der Waals surface area contributed by atoms with Crippen LogP contribution in [0.5, 0.6) is 0 Å². The van der Waals surface area contributed by atoms with E-state index in [1.165, 1.54) is 0 Å². The Morgan fingerprint density at radius 2 is 2.33 bits per heavy atom. The van der Waals surface area contributed by atoms with Gasteiger partial charge in [-0.15, -0.1) is 0 Å². The molecular formula is C10H11BrN4. The lowest BCUT2D eigenvalue weighted by Gasteiger charge is -2.07. The highest BCUT2D eigenvalue weighted by Crippen LogP contribution is 2.15. The van der Waals surface area contributed by atoms with Gasteiger partial charge < -0.3 is 5.32 Å². The first-order chi connectivity index (χ1) is 7.31. The molecule has 0 aliphatic rings. The molecule has 0 bridgehead atoms. The second-order valence-electron chi connectivity index (χ2n) is 3.14. The zero-order valence-corrected chi connectivity index (χ0v) is 9.90. The Kier molecular flexibility index (Phi) is 3.13. The van der Waals surface area contributed by atoms with Crippen molar-refractivity contribution >= 4 is 15.9 Å². The highest BCUT2D eigenvalue weighted by atomic mass is 79.9. The van der Waals surface area contributed by atoms with E-state index in [1.54, 1.807) is 12.4 Å². The van der Waals surface area contributed by atoms with Crippen molar-refractivity contribution in [3.05, 3.63) is 40.9 Å². The average molecular weight is 267 g/mol. The van der Waals surface area contributed by atoms with Crippen LogP contribution in [0.3, 0.4) is 0 Å². The van der Waals surface area contributed by atoms with Gasteiger partial charge in [-0.2, -0.15) is 5.10 Å². The number of aromatic nitrogens is 3. The SMILES string of the molecule is CNCc1cnccc1-n1cc(Br)cn1. The normalized spacial score (nSPS) is 10.5. The first-order valence-electron chi connectivity index (χ1n) is 4.59. The third-order valence-electron chi connectivity index (χ3n) is 2.04. The summed E-state index contributed by atoms with van der Waals surface area (Å²) in [5.74, 6) is 0. The summed E-state index contributed by atoms with van der Waals surface area (Å²) in [5, 5.41) is 7.35. The molecule has 1 N–H and O–H groups in total. The standard InChI is InChI=1S/C10H11BrN4/c1-12-4-8-5-13-3-2-10(8)15-7-9(11)6-14-15/h2-3,5-7,12H,4H2,1H3. The largest absolute Gasteiger partial charge is 0.316 e. The van der Waals surface area contributed by atoms with Crippen molar-refractivity contribution in [3.8, 4) is 5.69 Å². The maximum Gasteiger partial charge on any atom is 0.0721 e. The van der Waals surface area contributed by atoms with E-state index in [-0.39, 0.29) is 0 Å². The van der Waals surface area contributed by atoms with Gasteiger partial charge in [0.05, 0.1) is 16.4 Å². The number of nitrogens with one attached hydrogen (secondary N) is 1. The Bertz CT molecular complexity index is 452. The fourth-order valence-electron chi connectivity index (χ4n) is 1.40. The van der Waals surface area contributed by atoms with Crippen LogP contribution in [0.25, 0.3) is 5.69 Å². The van der Waals surface area contributed by atoms with Crippen LogP contribution >= 0.6 is 15.9 Å². The van der Waals surface area contributed by atoms with Gasteiger partial charge in [0.2, 0.25) is 0 Å². The second-order valence-corrected chi connectivity index (χ2v) is 4.05. The smallest absolute Gasteiger partial charge is 0.0721 e. The second kappa shape index (κ2) is 4.55. The van der Waals surface area contributed by atoms with E-state index in [9.17, 15) is 0 Å². The van der Waals surface area contributed by atoms with Crippen LogP contribution in [0.4, 0.5) is 0 Å². The molecule has 0 saturated heterocycles. The summed E-state index contributed by atoms with van der Waals surface area (Å²) >= 11 is 3.38. The third-order valence-corrected chi connectivity index (χ3v) is 2.45. The Morgan fingerprint density at radius 3 is 3.00 bits per heavy atom. The predicted octanol–water partition coefficient (Wildman–Crippen LogP) is 1.75. The highest BCUT2D eigenvalue weighted by molar-refractivity contribution is 9.10. The Morgan fingerprint density at radius 1 is 1.47 bits per heavy atom. The Hall–Kier alpha value is -1.20. The van der Waals surface area contributed by atoms with Gasteiger partial charge in [0, 0.05) is 30.7 Å². The summed E-state index contributed by atoms with van der Waals surface area (Å²) in [6.45, 7) is 0.778. The van der Waals surface area contributed by atoms with E-state index < -0.39 is 0 Å². The van der Waals surface area contributed by atoms with Crippen LogP contribution in [0.15, 0.2) is 35.3 Å². The minimum atomic E-state index is 0.778. The predicted molar refractivity (Wildman–Crippen MR) is 61.8 cm³/mol. The molecule has 2 aromatic rings. The lowest BCUT2D eigenvalue weighted by molar-refractivity contribution is 0.783. The molecule has 2 aromatic heterocycles. The Labute approximate surface area is 96.5 Å². The number of nitrogens with zero attached hydrogens (tertiary/aromatic N) is 3. The molecule has 15 heavy (non-hydrogen) atoms. The molecule has 0 spiro atoms. The fraction of sp³-hybridized carbons (Fsp3) is 0.200. The number of halogens is 1. The summed E-state index contributed by atoms with van der Waals surface area (Å²) < 4.78 is 2.80. The molecular weight excluding hydrogens is 256 g/mol. The van der Waals surface area contributed by atoms with Crippen molar-refractivity contribution in [1.29, 1.82) is 0 Å². The van der Waals surface area contributed by atoms with Gasteiger partial charge in [-0.05, 0) is 29.0 Å². The molecule has 2 rings (SSSR count). The van der Waals surface area contributed by atoms with Gasteiger partial charge in [0.25, 0.3) is 0 Å². The van der Waals surface area contributed by atoms with Crippen molar-refractivity contribution in [2.75, 3.05) is 7.05 Å². The summed E-state index contributed by atoms with van der Waals surface area (Å²) in [5.41, 5.74) is 2.17. The van der Waals surface area contributed by atoms with E-state index >= 15 is 0 Å². The molecule has 0 aliphatic carbocycles. The van der Waals surface area contributed by atoms with Crippen molar-refractivity contribution in [1.82, 2.24) is 20.1 Å². The Balaban J connectivity index is 2.42. The van der Waals surface area contributed by atoms with Crippen LogP contribution in [0, 0.1) is 0 Å². The number of pyridine rings is 1. The van der Waals surface area contributed by atoms with Gasteiger partial charge in [-0.3, -0.25) is 4.98 Å². The van der Waals surface area contributed by atoms with Crippen molar-refractivity contribution in [2.24, 2.45) is 0 Å². The molecule has 0 radical (unpaired) electrons. The maximum atomic E-state index is 4.24. The number of rotatable bonds is 3. The first-order valence-corrected chi connectivity index (χ1v) is 5.38. The van der Waals surface area contributed by atoms with Crippen molar-refractivity contribution in [3.63, 3.8) is 0 Å². The van der Waals surface area contributed by atoms with E-state index in [4.69, 9.17) is 0 Å². The molecule has 0 fully saturated rings. The number of hydrogen-bond acceptors (Lipinski definition) is 3. The molecule has 4 nitrogen and oxygen atoms in total. The van der Waals surface area contributed by atoms with Gasteiger partial charge in [0.1, 0.15) is 0 Å². The number of hydrogen-bond donors (Lipinski definition) is 1. The quantitative estimate of drug-likeness (QED) is 0.921. The third kappa shape index (κ3) is 2.24. The molecule has 78 valence electrons. The van der Waals surface area contributed by atoms with Crippen LogP contribution in [0.2, 0.25) is 0 Å². The molecule has 0 amide bonds. The minimum Gasteiger partial charge on any atom is -0.316 e. The van der Waals surface area contributed by atoms with E-state index in [0.29, 0.717) is 0 Å². The lowest BCUT2D eigenvalue weighted by Crippen LogP contribution is -2.09. The highest BCUT2D eigenvalue weighted by Gasteiger charge is 2.04. The summed E-state index contributed by atoms with van der Waals surface area (Å²) in [7, 11) is 1.91. The van der Waals surface area contributed by atoms with E-state index in [2.05, 4.69) is 31.3 Å². The summed E-state index contributed by atoms with van der Waals surface area (Å²) in [6, 6.07) is 1.95. The van der Waals surface area contributed by atoms with Gasteiger partial charge >= 0.3 is 0 Å². The molecule has 0 aliphatic heterocycles. The monoisotopic (exact) mass is 266 g/mol. The van der Waals surface area contributed by atoms with Gasteiger partial charge in [-0.25, -0.2) is 4.68 Å². The molecule has 0 atom stereocenters. The fourth-order valence-corrected chi connectivity index (χ4v) is 1.69. The molecule has 2 heterocycles. The zero-order chi connectivity index (χ0) is 10.7. The van der Waals surface area contributed by atoms with Crippen LogP contribution in [-0.4, -0.2) is 21.8 Å².